The third-order valence-electron chi connectivity index (χ3n) is 3.70. The van der Waals surface area contributed by atoms with Crippen LogP contribution in [-0.4, -0.2) is 19.3 Å². The second-order valence-electron chi connectivity index (χ2n) is 4.96. The van der Waals surface area contributed by atoms with Crippen LogP contribution in [0.4, 0.5) is 0 Å². The maximum Gasteiger partial charge on any atom is 0.0588 e. The number of nitrogens with one attached hydrogen (secondary N) is 1. The van der Waals surface area contributed by atoms with Crippen molar-refractivity contribution in [1.82, 2.24) is 5.32 Å². The molecule has 1 aliphatic rings. The Labute approximate surface area is 104 Å². The smallest absolute Gasteiger partial charge is 0.0588 e. The molecule has 0 spiro atoms. The maximum atomic E-state index is 5.61. The molecule has 17 heavy (non-hydrogen) atoms. The lowest BCUT2D eigenvalue weighted by Crippen LogP contribution is -2.20. The van der Waals surface area contributed by atoms with Crippen LogP contribution in [0.5, 0.6) is 0 Å². The van der Waals surface area contributed by atoms with Crippen molar-refractivity contribution in [3.05, 3.63) is 34.9 Å². The first-order valence-corrected chi connectivity index (χ1v) is 6.65. The van der Waals surface area contributed by atoms with Gasteiger partial charge in [-0.25, -0.2) is 0 Å². The van der Waals surface area contributed by atoms with E-state index in [1.54, 1.807) is 0 Å². The van der Waals surface area contributed by atoms with Gasteiger partial charge in [-0.1, -0.05) is 18.2 Å². The molecule has 1 fully saturated rings. The van der Waals surface area contributed by atoms with Crippen molar-refractivity contribution < 1.29 is 4.74 Å². The summed E-state index contributed by atoms with van der Waals surface area (Å²) in [5, 5.41) is 3.52. The first-order chi connectivity index (χ1) is 8.27. The van der Waals surface area contributed by atoms with Gasteiger partial charge in [0, 0.05) is 13.2 Å². The average Bonchev–Trinajstić information content (AvgIpc) is 2.83. The molecule has 2 heteroatoms. The van der Waals surface area contributed by atoms with Crippen LogP contribution < -0.4 is 5.32 Å². The fourth-order valence-corrected chi connectivity index (χ4v) is 2.36. The average molecular weight is 233 g/mol. The molecule has 94 valence electrons. The molecule has 0 aromatic heterocycles. The van der Waals surface area contributed by atoms with Crippen molar-refractivity contribution in [2.75, 3.05) is 13.2 Å². The topological polar surface area (TPSA) is 21.3 Å². The molecule has 1 atom stereocenters. The van der Waals surface area contributed by atoms with Gasteiger partial charge in [-0.3, -0.25) is 0 Å². The van der Waals surface area contributed by atoms with Crippen LogP contribution in [-0.2, 0) is 11.3 Å². The molecule has 1 unspecified atom stereocenters. The number of benzene rings is 1. The van der Waals surface area contributed by atoms with Gasteiger partial charge in [0.1, 0.15) is 0 Å². The largest absolute Gasteiger partial charge is 0.378 e. The van der Waals surface area contributed by atoms with E-state index in [1.165, 1.54) is 29.5 Å². The van der Waals surface area contributed by atoms with Crippen LogP contribution >= 0.6 is 0 Å². The summed E-state index contributed by atoms with van der Waals surface area (Å²) in [5.74, 6) is 0. The molecule has 0 aliphatic carbocycles. The van der Waals surface area contributed by atoms with Crippen molar-refractivity contribution in [2.24, 2.45) is 0 Å². The van der Waals surface area contributed by atoms with E-state index in [9.17, 15) is 0 Å². The molecular formula is C15H23NO. The molecule has 2 rings (SSSR count). The van der Waals surface area contributed by atoms with Crippen LogP contribution in [0.15, 0.2) is 18.2 Å². The molecule has 1 saturated heterocycles. The fourth-order valence-electron chi connectivity index (χ4n) is 2.36. The van der Waals surface area contributed by atoms with Gasteiger partial charge in [-0.05, 0) is 56.3 Å². The quantitative estimate of drug-likeness (QED) is 0.789. The minimum atomic E-state index is 0.501. The Kier molecular flexibility index (Phi) is 4.57. The zero-order chi connectivity index (χ0) is 12.1. The summed E-state index contributed by atoms with van der Waals surface area (Å²) >= 11 is 0. The van der Waals surface area contributed by atoms with E-state index in [4.69, 9.17) is 4.74 Å². The normalized spacial score (nSPS) is 19.8. The highest BCUT2D eigenvalue weighted by Crippen LogP contribution is 2.15. The number of ether oxygens (including phenoxy) is 1. The zero-order valence-corrected chi connectivity index (χ0v) is 11.0. The van der Waals surface area contributed by atoms with Gasteiger partial charge in [-0.15, -0.1) is 0 Å². The lowest BCUT2D eigenvalue weighted by molar-refractivity contribution is 0.104. The molecule has 1 aromatic rings. The van der Waals surface area contributed by atoms with Crippen LogP contribution in [0.25, 0.3) is 0 Å². The van der Waals surface area contributed by atoms with Crippen molar-refractivity contribution in [2.45, 2.75) is 45.8 Å². The Balaban J connectivity index is 1.72. The highest BCUT2D eigenvalue weighted by Gasteiger charge is 2.14. The molecule has 0 radical (unpaired) electrons. The lowest BCUT2D eigenvalue weighted by Gasteiger charge is -2.12. The molecule has 0 amide bonds. The Hall–Kier alpha value is -0.860. The first kappa shape index (κ1) is 12.6. The molecule has 1 N–H and O–H groups in total. The van der Waals surface area contributed by atoms with E-state index in [-0.39, 0.29) is 0 Å². The Bertz CT molecular complexity index is 356. The van der Waals surface area contributed by atoms with E-state index in [1.807, 2.05) is 0 Å². The van der Waals surface area contributed by atoms with E-state index in [2.05, 4.69) is 37.4 Å². The van der Waals surface area contributed by atoms with Crippen LogP contribution in [0.1, 0.15) is 36.0 Å². The van der Waals surface area contributed by atoms with Crippen LogP contribution in [0.2, 0.25) is 0 Å². The number of rotatable bonds is 5. The van der Waals surface area contributed by atoms with Gasteiger partial charge in [-0.2, -0.15) is 0 Å². The molecule has 0 bridgehead atoms. The fraction of sp³-hybridized carbons (Fsp3) is 0.600. The minimum Gasteiger partial charge on any atom is -0.378 e. The molecular weight excluding hydrogens is 210 g/mol. The van der Waals surface area contributed by atoms with Gasteiger partial charge in [0.15, 0.2) is 0 Å². The van der Waals surface area contributed by atoms with Crippen molar-refractivity contribution >= 4 is 0 Å². The summed E-state index contributed by atoms with van der Waals surface area (Å²) in [5.41, 5.74) is 4.21. The second kappa shape index (κ2) is 6.18. The highest BCUT2D eigenvalue weighted by molar-refractivity contribution is 5.32. The summed E-state index contributed by atoms with van der Waals surface area (Å²) < 4.78 is 5.61. The molecule has 1 aliphatic heterocycles. The third-order valence-corrected chi connectivity index (χ3v) is 3.70. The van der Waals surface area contributed by atoms with Crippen molar-refractivity contribution in [1.29, 1.82) is 0 Å². The predicted molar refractivity (Wildman–Crippen MR) is 71.2 cm³/mol. The number of hydrogen-bond donors (Lipinski definition) is 1. The molecule has 0 saturated carbocycles. The SMILES string of the molecule is Cc1cccc(CNCCC2CCCO2)c1C. The second-order valence-corrected chi connectivity index (χ2v) is 4.96. The van der Waals surface area contributed by atoms with E-state index in [0.29, 0.717) is 6.10 Å². The summed E-state index contributed by atoms with van der Waals surface area (Å²) in [4.78, 5) is 0. The van der Waals surface area contributed by atoms with Crippen LogP contribution in [0.3, 0.4) is 0 Å². The lowest BCUT2D eigenvalue weighted by atomic mass is 10.0. The van der Waals surface area contributed by atoms with Crippen molar-refractivity contribution in [3.63, 3.8) is 0 Å². The van der Waals surface area contributed by atoms with E-state index < -0.39 is 0 Å². The Morgan fingerprint density at radius 3 is 3.00 bits per heavy atom. The van der Waals surface area contributed by atoms with Gasteiger partial charge in [0.05, 0.1) is 6.10 Å². The molecule has 2 nitrogen and oxygen atoms in total. The number of hydrogen-bond acceptors (Lipinski definition) is 2. The number of aryl methyl sites for hydroxylation is 1. The zero-order valence-electron chi connectivity index (χ0n) is 11.0. The van der Waals surface area contributed by atoms with E-state index >= 15 is 0 Å². The standard InChI is InChI=1S/C15H23NO/c1-12-5-3-6-14(13(12)2)11-16-9-8-15-7-4-10-17-15/h3,5-6,15-16H,4,7-11H2,1-2H3. The van der Waals surface area contributed by atoms with Gasteiger partial charge < -0.3 is 10.1 Å². The maximum absolute atomic E-state index is 5.61. The Morgan fingerprint density at radius 2 is 2.24 bits per heavy atom. The van der Waals surface area contributed by atoms with Crippen LogP contribution in [0, 0.1) is 13.8 Å². The first-order valence-electron chi connectivity index (χ1n) is 6.65. The summed E-state index contributed by atoms with van der Waals surface area (Å²) in [6, 6.07) is 6.52. The summed E-state index contributed by atoms with van der Waals surface area (Å²) in [6.45, 7) is 7.36. The van der Waals surface area contributed by atoms with E-state index in [0.717, 1.165) is 26.1 Å². The monoisotopic (exact) mass is 233 g/mol. The molecule has 1 aromatic carbocycles. The van der Waals surface area contributed by atoms with Gasteiger partial charge in [0.2, 0.25) is 0 Å². The molecule has 1 heterocycles. The highest BCUT2D eigenvalue weighted by atomic mass is 16.5. The van der Waals surface area contributed by atoms with Crippen molar-refractivity contribution in [3.8, 4) is 0 Å². The van der Waals surface area contributed by atoms with Gasteiger partial charge >= 0.3 is 0 Å². The third kappa shape index (κ3) is 3.55. The summed E-state index contributed by atoms with van der Waals surface area (Å²) in [6.07, 6.45) is 4.12. The summed E-state index contributed by atoms with van der Waals surface area (Å²) in [7, 11) is 0. The minimum absolute atomic E-state index is 0.501. The van der Waals surface area contributed by atoms with Gasteiger partial charge in [0.25, 0.3) is 0 Å². The predicted octanol–water partition coefficient (Wildman–Crippen LogP) is 2.96. The Morgan fingerprint density at radius 1 is 1.35 bits per heavy atom.